The Hall–Kier alpha value is -1.22. The smallest absolute Gasteiger partial charge is 0.193 e. The highest BCUT2D eigenvalue weighted by atomic mass is 127. The van der Waals surface area contributed by atoms with Crippen molar-refractivity contribution < 1.29 is 9.47 Å². The molecular formula is C20H37IN4O2. The molecule has 7 heteroatoms. The SMILES string of the molecule is CCN(CC)CCCCNC(=NC)N(C)Cc1ccc(OC)cc1OC.I. The fourth-order valence-corrected chi connectivity index (χ4v) is 2.90. The third-order valence-electron chi connectivity index (χ3n) is 4.55. The van der Waals surface area contributed by atoms with Gasteiger partial charge in [-0.15, -0.1) is 24.0 Å². The van der Waals surface area contributed by atoms with Crippen LogP contribution in [0.1, 0.15) is 32.3 Å². The first kappa shape index (κ1) is 25.8. The Kier molecular flexibility index (Phi) is 14.1. The molecule has 0 saturated heterocycles. The highest BCUT2D eigenvalue weighted by Gasteiger charge is 2.11. The summed E-state index contributed by atoms with van der Waals surface area (Å²) in [6.45, 7) is 9.48. The molecule has 0 heterocycles. The van der Waals surface area contributed by atoms with Crippen molar-refractivity contribution in [3.8, 4) is 11.5 Å². The van der Waals surface area contributed by atoms with Gasteiger partial charge in [-0.1, -0.05) is 13.8 Å². The average molecular weight is 492 g/mol. The number of guanidine groups is 1. The Bertz CT molecular complexity index is 551. The molecule has 156 valence electrons. The van der Waals surface area contributed by atoms with Crippen LogP contribution in [-0.4, -0.2) is 70.3 Å². The summed E-state index contributed by atoms with van der Waals surface area (Å²) in [7, 11) is 7.20. The molecule has 0 spiro atoms. The maximum Gasteiger partial charge on any atom is 0.193 e. The summed E-state index contributed by atoms with van der Waals surface area (Å²) in [5.41, 5.74) is 1.10. The predicted octanol–water partition coefficient (Wildman–Crippen LogP) is 3.45. The maximum atomic E-state index is 5.49. The highest BCUT2D eigenvalue weighted by Crippen LogP contribution is 2.25. The fourth-order valence-electron chi connectivity index (χ4n) is 2.90. The maximum absolute atomic E-state index is 5.49. The number of benzene rings is 1. The van der Waals surface area contributed by atoms with Crippen molar-refractivity contribution >= 4 is 29.9 Å². The van der Waals surface area contributed by atoms with Crippen LogP contribution in [-0.2, 0) is 6.54 Å². The van der Waals surface area contributed by atoms with Crippen LogP contribution in [0, 0.1) is 0 Å². The number of nitrogens with one attached hydrogen (secondary N) is 1. The van der Waals surface area contributed by atoms with Gasteiger partial charge >= 0.3 is 0 Å². The molecule has 0 radical (unpaired) electrons. The molecule has 0 aromatic heterocycles. The van der Waals surface area contributed by atoms with Gasteiger partial charge in [0, 0.05) is 38.8 Å². The van der Waals surface area contributed by atoms with Gasteiger partial charge in [0.05, 0.1) is 14.2 Å². The standard InChI is InChI=1S/C20H36N4O2.HI/c1-7-24(8-2)14-10-9-13-22-20(21-3)23(4)16-17-11-12-18(25-5)15-19(17)26-6;/h11-12,15H,7-10,13-14,16H2,1-6H3,(H,21,22);1H. The zero-order chi connectivity index (χ0) is 19.4. The van der Waals surface area contributed by atoms with Gasteiger partial charge in [-0.3, -0.25) is 4.99 Å². The molecule has 1 N–H and O–H groups in total. The number of methoxy groups -OCH3 is 2. The molecule has 1 aromatic carbocycles. The Morgan fingerprint density at radius 1 is 1.11 bits per heavy atom. The molecule has 0 saturated carbocycles. The second-order valence-electron chi connectivity index (χ2n) is 6.24. The van der Waals surface area contributed by atoms with E-state index in [1.807, 2.05) is 32.3 Å². The van der Waals surface area contributed by atoms with Crippen molar-refractivity contribution in [2.24, 2.45) is 4.99 Å². The van der Waals surface area contributed by atoms with Gasteiger partial charge in [0.25, 0.3) is 0 Å². The van der Waals surface area contributed by atoms with E-state index in [0.29, 0.717) is 6.54 Å². The molecule has 0 fully saturated rings. The van der Waals surface area contributed by atoms with E-state index in [-0.39, 0.29) is 24.0 Å². The van der Waals surface area contributed by atoms with Crippen molar-refractivity contribution in [1.29, 1.82) is 0 Å². The van der Waals surface area contributed by atoms with E-state index in [2.05, 4.69) is 34.0 Å². The van der Waals surface area contributed by atoms with Crippen LogP contribution in [0.3, 0.4) is 0 Å². The van der Waals surface area contributed by atoms with Gasteiger partial charge in [0.1, 0.15) is 11.5 Å². The molecule has 0 bridgehead atoms. The quantitative estimate of drug-likeness (QED) is 0.222. The molecule has 27 heavy (non-hydrogen) atoms. The summed E-state index contributed by atoms with van der Waals surface area (Å²) in [4.78, 5) is 8.96. The van der Waals surface area contributed by atoms with Crippen LogP contribution in [0.15, 0.2) is 23.2 Å². The molecule has 0 atom stereocenters. The predicted molar refractivity (Wildman–Crippen MR) is 125 cm³/mol. The molecular weight excluding hydrogens is 455 g/mol. The first-order valence-electron chi connectivity index (χ1n) is 9.44. The van der Waals surface area contributed by atoms with Crippen molar-refractivity contribution in [3.63, 3.8) is 0 Å². The van der Waals surface area contributed by atoms with Crippen molar-refractivity contribution in [2.45, 2.75) is 33.2 Å². The molecule has 1 rings (SSSR count). The summed E-state index contributed by atoms with van der Waals surface area (Å²) in [6.07, 6.45) is 2.33. The Balaban J connectivity index is 0.00000676. The first-order chi connectivity index (χ1) is 12.6. The van der Waals surface area contributed by atoms with E-state index in [4.69, 9.17) is 9.47 Å². The highest BCUT2D eigenvalue weighted by molar-refractivity contribution is 14.0. The zero-order valence-corrected chi connectivity index (χ0v) is 20.1. The van der Waals surface area contributed by atoms with Crippen LogP contribution < -0.4 is 14.8 Å². The minimum atomic E-state index is 0. The average Bonchev–Trinajstić information content (AvgIpc) is 2.67. The third-order valence-corrected chi connectivity index (χ3v) is 4.55. The minimum Gasteiger partial charge on any atom is -0.497 e. The van der Waals surface area contributed by atoms with Crippen molar-refractivity contribution in [1.82, 2.24) is 15.1 Å². The molecule has 0 aliphatic carbocycles. The van der Waals surface area contributed by atoms with Crippen LogP contribution in [0.25, 0.3) is 0 Å². The van der Waals surface area contributed by atoms with Crippen LogP contribution in [0.5, 0.6) is 11.5 Å². The molecule has 0 unspecified atom stereocenters. The number of unbranched alkanes of at least 4 members (excludes halogenated alkanes) is 1. The summed E-state index contributed by atoms with van der Waals surface area (Å²) >= 11 is 0. The van der Waals surface area contributed by atoms with E-state index in [1.165, 1.54) is 6.42 Å². The summed E-state index contributed by atoms with van der Waals surface area (Å²) < 4.78 is 10.7. The summed E-state index contributed by atoms with van der Waals surface area (Å²) in [5, 5.41) is 3.45. The van der Waals surface area contributed by atoms with Gasteiger partial charge in [-0.05, 0) is 44.6 Å². The van der Waals surface area contributed by atoms with Gasteiger partial charge in [-0.2, -0.15) is 0 Å². The van der Waals surface area contributed by atoms with Gasteiger partial charge in [0.15, 0.2) is 5.96 Å². The normalized spacial score (nSPS) is 11.1. The van der Waals surface area contributed by atoms with Crippen molar-refractivity contribution in [2.75, 3.05) is 54.5 Å². The van der Waals surface area contributed by atoms with Gasteiger partial charge in [0.2, 0.25) is 0 Å². The molecule has 1 aromatic rings. The Labute approximate surface area is 182 Å². The third kappa shape index (κ3) is 9.01. The molecule has 0 amide bonds. The largest absolute Gasteiger partial charge is 0.497 e. The number of hydrogen-bond acceptors (Lipinski definition) is 4. The minimum absolute atomic E-state index is 0. The van der Waals surface area contributed by atoms with E-state index in [1.54, 1.807) is 14.2 Å². The van der Waals surface area contributed by atoms with Gasteiger partial charge in [-0.25, -0.2) is 0 Å². The molecule has 0 aliphatic rings. The lowest BCUT2D eigenvalue weighted by Gasteiger charge is -2.23. The monoisotopic (exact) mass is 492 g/mol. The number of ether oxygens (including phenoxy) is 2. The lowest BCUT2D eigenvalue weighted by Crippen LogP contribution is -2.39. The van der Waals surface area contributed by atoms with E-state index in [0.717, 1.165) is 55.6 Å². The number of rotatable bonds is 11. The Morgan fingerprint density at radius 2 is 1.81 bits per heavy atom. The topological polar surface area (TPSA) is 49.3 Å². The second-order valence-corrected chi connectivity index (χ2v) is 6.24. The second kappa shape index (κ2) is 14.8. The lowest BCUT2D eigenvalue weighted by atomic mass is 10.2. The van der Waals surface area contributed by atoms with Crippen LogP contribution in [0.4, 0.5) is 0 Å². The number of halogens is 1. The van der Waals surface area contributed by atoms with E-state index >= 15 is 0 Å². The fraction of sp³-hybridized carbons (Fsp3) is 0.650. The van der Waals surface area contributed by atoms with Crippen LogP contribution >= 0.6 is 24.0 Å². The summed E-state index contributed by atoms with van der Waals surface area (Å²) in [5.74, 6) is 2.51. The first-order valence-corrected chi connectivity index (χ1v) is 9.44. The van der Waals surface area contributed by atoms with E-state index in [9.17, 15) is 0 Å². The zero-order valence-electron chi connectivity index (χ0n) is 17.7. The molecule has 0 aliphatic heterocycles. The number of aliphatic imine (C=N–C) groups is 1. The number of nitrogens with zero attached hydrogens (tertiary/aromatic N) is 3. The van der Waals surface area contributed by atoms with E-state index < -0.39 is 0 Å². The molecule has 6 nitrogen and oxygen atoms in total. The lowest BCUT2D eigenvalue weighted by molar-refractivity contribution is 0.297. The summed E-state index contributed by atoms with van der Waals surface area (Å²) in [6, 6.07) is 5.90. The van der Waals surface area contributed by atoms with Crippen molar-refractivity contribution in [3.05, 3.63) is 23.8 Å². The van der Waals surface area contributed by atoms with Crippen LogP contribution in [0.2, 0.25) is 0 Å². The van der Waals surface area contributed by atoms with Gasteiger partial charge < -0.3 is 24.6 Å². The number of hydrogen-bond donors (Lipinski definition) is 1. The Morgan fingerprint density at radius 3 is 2.37 bits per heavy atom.